The van der Waals surface area contributed by atoms with Crippen LogP contribution in [-0.4, -0.2) is 28.6 Å². The number of amides is 1. The van der Waals surface area contributed by atoms with E-state index in [0.29, 0.717) is 34.7 Å². The van der Waals surface area contributed by atoms with E-state index in [1.807, 2.05) is 0 Å². The topological polar surface area (TPSA) is 74.2 Å². The Hall–Kier alpha value is -1.73. The van der Waals surface area contributed by atoms with E-state index < -0.39 is 17.3 Å². The first-order valence-electron chi connectivity index (χ1n) is 8.27. The Labute approximate surface area is 159 Å². The van der Waals surface area contributed by atoms with E-state index in [4.69, 9.17) is 23.2 Å². The molecule has 3 N–H and O–H groups in total. The molecule has 3 atom stereocenters. The number of halogens is 3. The molecule has 1 amide bonds. The van der Waals surface area contributed by atoms with Crippen molar-refractivity contribution in [1.29, 1.82) is 0 Å². The van der Waals surface area contributed by atoms with Crippen molar-refractivity contribution in [2.45, 2.75) is 30.3 Å². The van der Waals surface area contributed by atoms with E-state index in [2.05, 4.69) is 15.6 Å². The Kier molecular flexibility index (Phi) is 4.39. The summed E-state index contributed by atoms with van der Waals surface area (Å²) in [5.41, 5.74) is 0.497. The van der Waals surface area contributed by atoms with E-state index in [9.17, 15) is 14.3 Å². The zero-order valence-electron chi connectivity index (χ0n) is 13.6. The summed E-state index contributed by atoms with van der Waals surface area (Å²) in [7, 11) is 0. The minimum absolute atomic E-state index is 0.0326. The molecule has 0 bridgehead atoms. The van der Waals surface area contributed by atoms with Crippen molar-refractivity contribution in [3.8, 4) is 0 Å². The SMILES string of the molecule is O=C1Nc2cc(Cl)ccc2[C@]12N[C@@H](CCO)C[C@@H]2c1ccnc(Cl)c1F. The van der Waals surface area contributed by atoms with Crippen LogP contribution in [0.25, 0.3) is 0 Å². The fraction of sp³-hybridized carbons (Fsp3) is 0.333. The number of aliphatic hydroxyl groups excluding tert-OH is 1. The van der Waals surface area contributed by atoms with Gasteiger partial charge in [0.05, 0.1) is 0 Å². The van der Waals surface area contributed by atoms with Crippen molar-refractivity contribution in [2.75, 3.05) is 11.9 Å². The Morgan fingerprint density at radius 1 is 1.35 bits per heavy atom. The molecule has 2 aliphatic heterocycles. The standard InChI is InChI=1S/C18H16Cl2FN3O2/c19-9-1-2-12-14(7-9)23-17(26)18(12)13(8-10(24-18)4-6-25)11-3-5-22-16(20)15(11)21/h1-3,5,7,10,13,24-25H,4,6,8H2,(H,23,26)/t10-,13+,18+/m0/s1. The molecule has 8 heteroatoms. The number of aromatic nitrogens is 1. The van der Waals surface area contributed by atoms with E-state index >= 15 is 0 Å². The molecule has 2 aromatic rings. The molecule has 1 saturated heterocycles. The van der Waals surface area contributed by atoms with Gasteiger partial charge in [0, 0.05) is 41.0 Å². The normalized spacial score (nSPS) is 27.0. The highest BCUT2D eigenvalue weighted by Gasteiger charge is 2.58. The summed E-state index contributed by atoms with van der Waals surface area (Å²) in [6.07, 6.45) is 2.37. The van der Waals surface area contributed by atoms with Crippen molar-refractivity contribution >= 4 is 34.8 Å². The lowest BCUT2D eigenvalue weighted by Crippen LogP contribution is -2.49. The summed E-state index contributed by atoms with van der Waals surface area (Å²) in [5.74, 6) is -1.39. The van der Waals surface area contributed by atoms with E-state index in [1.54, 1.807) is 24.3 Å². The first-order chi connectivity index (χ1) is 12.5. The number of benzene rings is 1. The van der Waals surface area contributed by atoms with Crippen LogP contribution in [0.5, 0.6) is 0 Å². The minimum Gasteiger partial charge on any atom is -0.396 e. The van der Waals surface area contributed by atoms with Gasteiger partial charge in [-0.15, -0.1) is 0 Å². The average Bonchev–Trinajstić information content (AvgIpc) is 3.10. The van der Waals surface area contributed by atoms with Crippen molar-refractivity contribution in [3.05, 3.63) is 57.6 Å². The smallest absolute Gasteiger partial charge is 0.250 e. The van der Waals surface area contributed by atoms with Gasteiger partial charge in [-0.25, -0.2) is 9.37 Å². The fourth-order valence-electron chi connectivity index (χ4n) is 4.15. The number of carbonyl (C=O) groups excluding carboxylic acids is 1. The molecular weight excluding hydrogens is 380 g/mol. The van der Waals surface area contributed by atoms with Crippen LogP contribution in [0.4, 0.5) is 10.1 Å². The number of pyridine rings is 1. The number of carbonyl (C=O) groups is 1. The van der Waals surface area contributed by atoms with Crippen LogP contribution in [0.2, 0.25) is 10.2 Å². The third kappa shape index (κ3) is 2.52. The average molecular weight is 396 g/mol. The van der Waals surface area contributed by atoms with Gasteiger partial charge in [0.25, 0.3) is 0 Å². The zero-order chi connectivity index (χ0) is 18.5. The molecule has 1 fully saturated rings. The minimum atomic E-state index is -1.15. The summed E-state index contributed by atoms with van der Waals surface area (Å²) < 4.78 is 14.7. The molecule has 2 aliphatic rings. The van der Waals surface area contributed by atoms with E-state index in [0.717, 1.165) is 0 Å². The number of aliphatic hydroxyl groups is 1. The lowest BCUT2D eigenvalue weighted by molar-refractivity contribution is -0.122. The van der Waals surface area contributed by atoms with Gasteiger partial charge in [0.2, 0.25) is 5.91 Å². The third-order valence-electron chi connectivity index (χ3n) is 5.22. The van der Waals surface area contributed by atoms with E-state index in [-0.39, 0.29) is 23.7 Å². The summed E-state index contributed by atoms with van der Waals surface area (Å²) >= 11 is 11.9. The molecule has 1 aromatic heterocycles. The predicted molar refractivity (Wildman–Crippen MR) is 96.9 cm³/mol. The summed E-state index contributed by atoms with van der Waals surface area (Å²) in [6.45, 7) is -0.0326. The van der Waals surface area contributed by atoms with Crippen LogP contribution >= 0.6 is 23.2 Å². The van der Waals surface area contributed by atoms with Crippen molar-refractivity contribution in [3.63, 3.8) is 0 Å². The molecule has 1 aromatic carbocycles. The summed E-state index contributed by atoms with van der Waals surface area (Å²) in [4.78, 5) is 16.8. The van der Waals surface area contributed by atoms with Crippen molar-refractivity contribution in [1.82, 2.24) is 10.3 Å². The van der Waals surface area contributed by atoms with Gasteiger partial charge in [0.15, 0.2) is 11.0 Å². The Bertz CT molecular complexity index is 895. The fourth-order valence-corrected chi connectivity index (χ4v) is 4.48. The second-order valence-electron chi connectivity index (χ2n) is 6.60. The van der Waals surface area contributed by atoms with Gasteiger partial charge in [-0.3, -0.25) is 10.1 Å². The van der Waals surface area contributed by atoms with Gasteiger partial charge in [0.1, 0.15) is 5.54 Å². The molecular formula is C18H16Cl2FN3O2. The van der Waals surface area contributed by atoms with Crippen LogP contribution in [0.1, 0.15) is 29.9 Å². The molecule has 0 radical (unpaired) electrons. The maximum absolute atomic E-state index is 14.7. The quantitative estimate of drug-likeness (QED) is 0.697. The first-order valence-corrected chi connectivity index (χ1v) is 9.03. The lowest BCUT2D eigenvalue weighted by atomic mass is 9.76. The molecule has 1 spiro atoms. The molecule has 0 unspecified atom stereocenters. The molecule has 26 heavy (non-hydrogen) atoms. The first kappa shape index (κ1) is 17.7. The second-order valence-corrected chi connectivity index (χ2v) is 7.39. The maximum atomic E-state index is 14.7. The molecule has 136 valence electrons. The van der Waals surface area contributed by atoms with Gasteiger partial charge in [-0.2, -0.15) is 0 Å². The maximum Gasteiger partial charge on any atom is 0.250 e. The summed E-state index contributed by atoms with van der Waals surface area (Å²) in [6, 6.07) is 6.56. The van der Waals surface area contributed by atoms with Crippen molar-refractivity contribution < 1.29 is 14.3 Å². The highest BCUT2D eigenvalue weighted by atomic mass is 35.5. The number of hydrogen-bond acceptors (Lipinski definition) is 4. The van der Waals surface area contributed by atoms with Gasteiger partial charge in [-0.05, 0) is 36.6 Å². The lowest BCUT2D eigenvalue weighted by Gasteiger charge is -2.30. The summed E-state index contributed by atoms with van der Waals surface area (Å²) in [5, 5.41) is 15.8. The van der Waals surface area contributed by atoms with Crippen LogP contribution in [0.3, 0.4) is 0 Å². The molecule has 3 heterocycles. The second kappa shape index (κ2) is 6.46. The van der Waals surface area contributed by atoms with E-state index in [1.165, 1.54) is 6.20 Å². The monoisotopic (exact) mass is 395 g/mol. The largest absolute Gasteiger partial charge is 0.396 e. The zero-order valence-corrected chi connectivity index (χ0v) is 15.1. The molecule has 4 rings (SSSR count). The number of fused-ring (bicyclic) bond motifs is 2. The number of nitrogens with one attached hydrogen (secondary N) is 2. The highest BCUT2D eigenvalue weighted by Crippen LogP contribution is 2.52. The van der Waals surface area contributed by atoms with Gasteiger partial charge in [-0.1, -0.05) is 29.3 Å². The predicted octanol–water partition coefficient (Wildman–Crippen LogP) is 3.20. The van der Waals surface area contributed by atoms with Crippen LogP contribution in [0, 0.1) is 5.82 Å². The Morgan fingerprint density at radius 2 is 2.15 bits per heavy atom. The Balaban J connectivity index is 1.90. The van der Waals surface area contributed by atoms with Crippen LogP contribution in [0.15, 0.2) is 30.5 Å². The van der Waals surface area contributed by atoms with Crippen LogP contribution < -0.4 is 10.6 Å². The molecule has 0 saturated carbocycles. The number of hydrogen-bond donors (Lipinski definition) is 3. The van der Waals surface area contributed by atoms with Crippen molar-refractivity contribution in [2.24, 2.45) is 0 Å². The van der Waals surface area contributed by atoms with Gasteiger partial charge < -0.3 is 10.4 Å². The number of nitrogens with zero attached hydrogens (tertiary/aromatic N) is 1. The van der Waals surface area contributed by atoms with Gasteiger partial charge >= 0.3 is 0 Å². The number of rotatable bonds is 3. The Morgan fingerprint density at radius 3 is 2.92 bits per heavy atom. The molecule has 0 aliphatic carbocycles. The highest BCUT2D eigenvalue weighted by molar-refractivity contribution is 6.31. The van der Waals surface area contributed by atoms with Crippen LogP contribution in [-0.2, 0) is 10.3 Å². The third-order valence-corrected chi connectivity index (χ3v) is 5.72. The molecule has 5 nitrogen and oxygen atoms in total. The number of anilines is 1.